The van der Waals surface area contributed by atoms with Crippen LogP contribution in [0, 0.1) is 0 Å². The Kier molecular flexibility index (Phi) is 3.87. The molecule has 1 fully saturated rings. The first-order valence-corrected chi connectivity index (χ1v) is 7.06. The molecule has 0 radical (unpaired) electrons. The summed E-state index contributed by atoms with van der Waals surface area (Å²) in [5.41, 5.74) is 6.57. The highest BCUT2D eigenvalue weighted by molar-refractivity contribution is 6.04. The molecule has 3 rings (SSSR count). The molecule has 110 valence electrons. The summed E-state index contributed by atoms with van der Waals surface area (Å²) in [6.45, 7) is 2.38. The van der Waals surface area contributed by atoms with E-state index >= 15 is 0 Å². The van der Waals surface area contributed by atoms with Crippen LogP contribution in [0.1, 0.15) is 29.0 Å². The van der Waals surface area contributed by atoms with Gasteiger partial charge >= 0.3 is 0 Å². The van der Waals surface area contributed by atoms with E-state index in [0.29, 0.717) is 17.0 Å². The topological polar surface area (TPSA) is 84.4 Å². The summed E-state index contributed by atoms with van der Waals surface area (Å²) in [5, 5.41) is 2.79. The van der Waals surface area contributed by atoms with Gasteiger partial charge < -0.3 is 20.4 Å². The number of pyridine rings is 1. The number of nitrogens with one attached hydrogen (secondary N) is 1. The number of nitrogens with two attached hydrogens (primary N) is 1. The van der Waals surface area contributed by atoms with Crippen molar-refractivity contribution < 1.29 is 9.21 Å². The molecule has 6 nitrogen and oxygen atoms in total. The van der Waals surface area contributed by atoms with Gasteiger partial charge in [-0.2, -0.15) is 0 Å². The van der Waals surface area contributed by atoms with Gasteiger partial charge in [0.1, 0.15) is 17.8 Å². The van der Waals surface area contributed by atoms with Crippen molar-refractivity contribution in [1.82, 2.24) is 4.98 Å². The van der Waals surface area contributed by atoms with Crippen molar-refractivity contribution in [3.05, 3.63) is 42.0 Å². The summed E-state index contributed by atoms with van der Waals surface area (Å²) in [6, 6.07) is 5.44. The average Bonchev–Trinajstić information content (AvgIpc) is 3.19. The average molecular weight is 286 g/mol. The highest BCUT2D eigenvalue weighted by atomic mass is 16.3. The fraction of sp³-hybridized carbons (Fsp3) is 0.333. The Balaban J connectivity index is 1.65. The van der Waals surface area contributed by atoms with Gasteiger partial charge in [-0.15, -0.1) is 0 Å². The van der Waals surface area contributed by atoms with Crippen LogP contribution in [0.3, 0.4) is 0 Å². The number of nitrogens with zero attached hydrogens (tertiary/aromatic N) is 2. The Labute approximate surface area is 122 Å². The molecule has 1 saturated heterocycles. The first kappa shape index (κ1) is 13.6. The van der Waals surface area contributed by atoms with E-state index in [-0.39, 0.29) is 12.5 Å². The first-order valence-electron chi connectivity index (χ1n) is 7.06. The van der Waals surface area contributed by atoms with Crippen molar-refractivity contribution in [2.24, 2.45) is 5.73 Å². The van der Waals surface area contributed by atoms with Crippen molar-refractivity contribution in [3.8, 4) is 0 Å². The van der Waals surface area contributed by atoms with Crippen molar-refractivity contribution in [2.45, 2.75) is 19.4 Å². The second kappa shape index (κ2) is 5.97. The number of furan rings is 1. The molecule has 2 aromatic heterocycles. The number of aromatic nitrogens is 1. The molecule has 0 atom stereocenters. The molecule has 21 heavy (non-hydrogen) atoms. The second-order valence-electron chi connectivity index (χ2n) is 5.06. The second-order valence-corrected chi connectivity index (χ2v) is 5.06. The third-order valence-corrected chi connectivity index (χ3v) is 3.55. The molecule has 0 spiro atoms. The normalized spacial score (nSPS) is 14.4. The van der Waals surface area contributed by atoms with E-state index in [9.17, 15) is 4.79 Å². The van der Waals surface area contributed by atoms with Gasteiger partial charge in [0, 0.05) is 13.1 Å². The fourth-order valence-electron chi connectivity index (χ4n) is 2.40. The molecule has 3 N–H and O–H groups in total. The van der Waals surface area contributed by atoms with E-state index < -0.39 is 0 Å². The van der Waals surface area contributed by atoms with Crippen LogP contribution in [0.15, 0.2) is 35.1 Å². The molecule has 1 aliphatic heterocycles. The van der Waals surface area contributed by atoms with E-state index in [0.717, 1.165) is 18.9 Å². The summed E-state index contributed by atoms with van der Waals surface area (Å²) >= 11 is 0. The number of amides is 1. The van der Waals surface area contributed by atoms with Crippen molar-refractivity contribution in [3.63, 3.8) is 0 Å². The summed E-state index contributed by atoms with van der Waals surface area (Å²) in [7, 11) is 0. The van der Waals surface area contributed by atoms with E-state index in [1.807, 2.05) is 12.1 Å². The molecule has 1 amide bonds. The van der Waals surface area contributed by atoms with Crippen molar-refractivity contribution in [2.75, 3.05) is 23.3 Å². The minimum atomic E-state index is -0.228. The zero-order chi connectivity index (χ0) is 14.7. The summed E-state index contributed by atoms with van der Waals surface area (Å²) in [5.74, 6) is 1.32. The standard InChI is InChI=1S/C15H18N4O2/c16-8-13-7-11(10-21-13)15(20)18-12-3-4-14(17-9-12)19-5-1-2-6-19/h3-4,7,9-10H,1-2,5-6,8,16H2,(H,18,20). The maximum atomic E-state index is 12.0. The number of carbonyl (C=O) groups is 1. The Morgan fingerprint density at radius 2 is 2.19 bits per heavy atom. The van der Waals surface area contributed by atoms with Crippen LogP contribution < -0.4 is 16.0 Å². The Morgan fingerprint density at radius 1 is 1.38 bits per heavy atom. The SMILES string of the molecule is NCc1cc(C(=O)Nc2ccc(N3CCCC3)nc2)co1. The molecule has 2 aromatic rings. The first-order chi connectivity index (χ1) is 10.3. The molecule has 3 heterocycles. The third-order valence-electron chi connectivity index (χ3n) is 3.55. The lowest BCUT2D eigenvalue weighted by Gasteiger charge is -2.16. The van der Waals surface area contributed by atoms with Gasteiger partial charge in [-0.3, -0.25) is 4.79 Å². The van der Waals surface area contributed by atoms with Crippen LogP contribution in [0.25, 0.3) is 0 Å². The molecule has 1 aliphatic rings. The number of hydrogen-bond acceptors (Lipinski definition) is 5. The summed E-state index contributed by atoms with van der Waals surface area (Å²) in [4.78, 5) is 18.7. The highest BCUT2D eigenvalue weighted by Gasteiger charge is 2.14. The van der Waals surface area contributed by atoms with Crippen molar-refractivity contribution >= 4 is 17.4 Å². The molecular formula is C15H18N4O2. The largest absolute Gasteiger partial charge is 0.467 e. The van der Waals surface area contributed by atoms with Gasteiger partial charge in [0.2, 0.25) is 0 Å². The van der Waals surface area contributed by atoms with Gasteiger partial charge in [-0.05, 0) is 31.0 Å². The van der Waals surface area contributed by atoms with Crippen LogP contribution in [-0.4, -0.2) is 24.0 Å². The fourth-order valence-corrected chi connectivity index (χ4v) is 2.40. The van der Waals surface area contributed by atoms with Crippen LogP contribution in [0.2, 0.25) is 0 Å². The van der Waals surface area contributed by atoms with Crippen LogP contribution in [0.5, 0.6) is 0 Å². The maximum Gasteiger partial charge on any atom is 0.258 e. The number of carbonyl (C=O) groups excluding carboxylic acids is 1. The van der Waals surface area contributed by atoms with Gasteiger partial charge in [0.25, 0.3) is 5.91 Å². The molecule has 0 unspecified atom stereocenters. The van der Waals surface area contributed by atoms with Gasteiger partial charge in [-0.25, -0.2) is 4.98 Å². The zero-order valence-corrected chi connectivity index (χ0v) is 11.7. The quantitative estimate of drug-likeness (QED) is 0.898. The number of hydrogen-bond donors (Lipinski definition) is 2. The Morgan fingerprint density at radius 3 is 2.81 bits per heavy atom. The third kappa shape index (κ3) is 3.05. The van der Waals surface area contributed by atoms with E-state index in [1.165, 1.54) is 19.1 Å². The van der Waals surface area contributed by atoms with Crippen LogP contribution >= 0.6 is 0 Å². The maximum absolute atomic E-state index is 12.0. The van der Waals surface area contributed by atoms with Gasteiger partial charge in [0.05, 0.1) is 24.0 Å². The predicted octanol–water partition coefficient (Wildman–Crippen LogP) is 1.99. The molecule has 0 aliphatic carbocycles. The summed E-state index contributed by atoms with van der Waals surface area (Å²) < 4.78 is 5.15. The van der Waals surface area contributed by atoms with Crippen LogP contribution in [0.4, 0.5) is 11.5 Å². The highest BCUT2D eigenvalue weighted by Crippen LogP contribution is 2.19. The lowest BCUT2D eigenvalue weighted by atomic mass is 10.3. The summed E-state index contributed by atoms with van der Waals surface area (Å²) in [6.07, 6.45) is 5.51. The molecule has 6 heteroatoms. The van der Waals surface area contributed by atoms with Crippen LogP contribution in [-0.2, 0) is 6.54 Å². The lowest BCUT2D eigenvalue weighted by Crippen LogP contribution is -2.19. The minimum absolute atomic E-state index is 0.228. The minimum Gasteiger partial charge on any atom is -0.467 e. The van der Waals surface area contributed by atoms with E-state index in [2.05, 4.69) is 15.2 Å². The van der Waals surface area contributed by atoms with Crippen molar-refractivity contribution in [1.29, 1.82) is 0 Å². The molecule has 0 aromatic carbocycles. The van der Waals surface area contributed by atoms with Gasteiger partial charge in [0.15, 0.2) is 0 Å². The van der Waals surface area contributed by atoms with Gasteiger partial charge in [-0.1, -0.05) is 0 Å². The Bertz CT molecular complexity index is 615. The smallest absolute Gasteiger partial charge is 0.258 e. The molecule has 0 saturated carbocycles. The number of rotatable bonds is 4. The predicted molar refractivity (Wildman–Crippen MR) is 80.2 cm³/mol. The zero-order valence-electron chi connectivity index (χ0n) is 11.7. The molecular weight excluding hydrogens is 268 g/mol. The van der Waals surface area contributed by atoms with E-state index in [1.54, 1.807) is 12.3 Å². The Hall–Kier alpha value is -2.34. The number of anilines is 2. The molecule has 0 bridgehead atoms. The van der Waals surface area contributed by atoms with E-state index in [4.69, 9.17) is 10.2 Å². The lowest BCUT2D eigenvalue weighted by molar-refractivity contribution is 0.102. The monoisotopic (exact) mass is 286 g/mol.